The molecule has 5 nitrogen and oxygen atoms in total. The molecule has 0 amide bonds. The number of rotatable bonds is 3. The molecule has 1 N–H and O–H groups in total. The number of fused-ring (bicyclic) bond motifs is 2. The molecule has 3 aromatic carbocycles. The van der Waals surface area contributed by atoms with Gasteiger partial charge in [0.1, 0.15) is 5.52 Å². The number of hydrogen-bond acceptors (Lipinski definition) is 5. The minimum atomic E-state index is 0.0116. The molecule has 6 rings (SSSR count). The minimum absolute atomic E-state index is 0.0116. The third-order valence-corrected chi connectivity index (χ3v) is 6.49. The Labute approximate surface area is 180 Å². The highest BCUT2D eigenvalue weighted by Gasteiger charge is 2.33. The van der Waals surface area contributed by atoms with E-state index in [2.05, 4.69) is 34.4 Å². The second-order valence-electron chi connectivity index (χ2n) is 8.42. The summed E-state index contributed by atoms with van der Waals surface area (Å²) in [5, 5.41) is 8.85. The van der Waals surface area contributed by atoms with Gasteiger partial charge in [0.05, 0.1) is 22.3 Å². The van der Waals surface area contributed by atoms with E-state index in [-0.39, 0.29) is 5.78 Å². The number of nitrogens with zero attached hydrogens (tertiary/aromatic N) is 2. The van der Waals surface area contributed by atoms with E-state index in [1.165, 1.54) is 6.42 Å². The maximum atomic E-state index is 13.7. The Morgan fingerprint density at radius 3 is 2.48 bits per heavy atom. The van der Waals surface area contributed by atoms with Crippen LogP contribution >= 0.6 is 0 Å². The quantitative estimate of drug-likeness (QED) is 0.391. The van der Waals surface area contributed by atoms with E-state index in [4.69, 9.17) is 4.52 Å². The maximum absolute atomic E-state index is 13.7. The topological polar surface area (TPSA) is 58.4 Å². The van der Waals surface area contributed by atoms with Crippen molar-refractivity contribution in [2.45, 2.75) is 26.2 Å². The monoisotopic (exact) mass is 409 g/mol. The molecule has 0 saturated carbocycles. The van der Waals surface area contributed by atoms with Crippen LogP contribution in [-0.2, 0) is 0 Å². The van der Waals surface area contributed by atoms with E-state index in [9.17, 15) is 4.79 Å². The zero-order valence-electron chi connectivity index (χ0n) is 17.4. The number of aromatic nitrogens is 1. The Balaban J connectivity index is 1.63. The molecule has 0 atom stereocenters. The number of ketones is 1. The average molecular weight is 409 g/mol. The molecule has 1 aromatic heterocycles. The van der Waals surface area contributed by atoms with Crippen LogP contribution < -0.4 is 10.2 Å². The molecule has 31 heavy (non-hydrogen) atoms. The minimum Gasteiger partial charge on any atom is -0.370 e. The van der Waals surface area contributed by atoms with Crippen molar-refractivity contribution in [3.05, 3.63) is 71.3 Å². The SMILES string of the molecule is Cc1ccccc1Nc1cc(N2CCCCC2)c2noc3c2c1C(=O)c1ccccc1-3. The number of hydrogen-bond donors (Lipinski definition) is 1. The number of carbonyl (C=O) groups is 1. The van der Waals surface area contributed by atoms with E-state index in [1.54, 1.807) is 0 Å². The van der Waals surface area contributed by atoms with Gasteiger partial charge in [-0.2, -0.15) is 0 Å². The highest BCUT2D eigenvalue weighted by Crippen LogP contribution is 2.46. The van der Waals surface area contributed by atoms with E-state index >= 15 is 0 Å². The van der Waals surface area contributed by atoms with Gasteiger partial charge in [-0.25, -0.2) is 0 Å². The number of benzene rings is 3. The normalized spacial score (nSPS) is 15.3. The lowest BCUT2D eigenvalue weighted by molar-refractivity contribution is 0.104. The molecule has 1 aliphatic heterocycles. The van der Waals surface area contributed by atoms with Gasteiger partial charge in [0, 0.05) is 29.9 Å². The first-order valence-corrected chi connectivity index (χ1v) is 10.9. The fourth-order valence-electron chi connectivity index (χ4n) is 4.87. The number of para-hydroxylation sites is 1. The molecular formula is C26H23N3O2. The van der Waals surface area contributed by atoms with Crippen LogP contribution in [0, 0.1) is 6.92 Å². The van der Waals surface area contributed by atoms with Gasteiger partial charge in [-0.3, -0.25) is 4.79 Å². The van der Waals surface area contributed by atoms with Crippen LogP contribution in [0.3, 0.4) is 0 Å². The van der Waals surface area contributed by atoms with Crippen LogP contribution in [0.4, 0.5) is 17.1 Å². The molecule has 0 spiro atoms. The van der Waals surface area contributed by atoms with Crippen LogP contribution in [0.2, 0.25) is 0 Å². The lowest BCUT2D eigenvalue weighted by Crippen LogP contribution is -2.29. The van der Waals surface area contributed by atoms with Crippen LogP contribution in [-0.4, -0.2) is 24.0 Å². The first kappa shape index (κ1) is 18.2. The molecule has 1 aliphatic carbocycles. The number of anilines is 3. The average Bonchev–Trinajstić information content (AvgIpc) is 3.25. The van der Waals surface area contributed by atoms with Crippen molar-refractivity contribution < 1.29 is 9.32 Å². The molecule has 154 valence electrons. The number of carbonyl (C=O) groups excluding carboxylic acids is 1. The Bertz CT molecular complexity index is 1330. The zero-order valence-corrected chi connectivity index (χ0v) is 17.4. The summed E-state index contributed by atoms with van der Waals surface area (Å²) in [5.41, 5.74) is 6.88. The number of aryl methyl sites for hydroxylation is 1. The molecule has 0 bridgehead atoms. The van der Waals surface area contributed by atoms with Gasteiger partial charge >= 0.3 is 0 Å². The zero-order chi connectivity index (χ0) is 20.9. The van der Waals surface area contributed by atoms with Gasteiger partial charge < -0.3 is 14.7 Å². The molecule has 0 unspecified atom stereocenters. The smallest absolute Gasteiger partial charge is 0.196 e. The largest absolute Gasteiger partial charge is 0.370 e. The first-order valence-electron chi connectivity index (χ1n) is 10.9. The summed E-state index contributed by atoms with van der Waals surface area (Å²) in [5.74, 6) is 0.699. The van der Waals surface area contributed by atoms with Gasteiger partial charge in [-0.1, -0.05) is 47.6 Å². The number of piperidine rings is 1. The van der Waals surface area contributed by atoms with E-state index in [0.29, 0.717) is 16.9 Å². The molecule has 0 radical (unpaired) electrons. The lowest BCUT2D eigenvalue weighted by Gasteiger charge is -2.30. The second-order valence-corrected chi connectivity index (χ2v) is 8.42. The summed E-state index contributed by atoms with van der Waals surface area (Å²) in [6.45, 7) is 4.05. The van der Waals surface area contributed by atoms with Crippen LogP contribution in [0.5, 0.6) is 0 Å². The van der Waals surface area contributed by atoms with Gasteiger partial charge in [-0.05, 0) is 43.9 Å². The Morgan fingerprint density at radius 1 is 0.935 bits per heavy atom. The molecule has 2 aliphatic rings. The van der Waals surface area contributed by atoms with Crippen LogP contribution in [0.25, 0.3) is 22.2 Å². The summed E-state index contributed by atoms with van der Waals surface area (Å²) in [6.07, 6.45) is 3.58. The third-order valence-electron chi connectivity index (χ3n) is 6.49. The Hall–Kier alpha value is -3.60. The molecule has 4 aromatic rings. The second kappa shape index (κ2) is 6.98. The number of nitrogens with one attached hydrogen (secondary N) is 1. The first-order chi connectivity index (χ1) is 15.2. The van der Waals surface area contributed by atoms with Crippen molar-refractivity contribution in [3.8, 4) is 11.3 Å². The summed E-state index contributed by atoms with van der Waals surface area (Å²) >= 11 is 0. The highest BCUT2D eigenvalue weighted by molar-refractivity contribution is 6.28. The standard InChI is InChI=1S/C26H23N3O2/c1-16-9-3-6-12-19(16)27-20-15-21(29-13-7-2-8-14-29)24-23-22(20)25(30)17-10-4-5-11-18(17)26(23)31-28-24/h3-6,9-12,15,27H,2,7-8,13-14H2,1H3. The Kier molecular flexibility index (Phi) is 4.10. The summed E-state index contributed by atoms with van der Waals surface area (Å²) in [4.78, 5) is 16.0. The van der Waals surface area contributed by atoms with Gasteiger partial charge in [-0.15, -0.1) is 0 Å². The van der Waals surface area contributed by atoms with Crippen molar-refractivity contribution >= 4 is 33.7 Å². The molecule has 2 heterocycles. The molecule has 5 heteroatoms. The predicted molar refractivity (Wildman–Crippen MR) is 123 cm³/mol. The van der Waals surface area contributed by atoms with Gasteiger partial charge in [0.2, 0.25) is 0 Å². The van der Waals surface area contributed by atoms with Crippen molar-refractivity contribution in [3.63, 3.8) is 0 Å². The molecular weight excluding hydrogens is 386 g/mol. The summed E-state index contributed by atoms with van der Waals surface area (Å²) in [7, 11) is 0. The van der Waals surface area contributed by atoms with E-state index in [1.807, 2.05) is 42.5 Å². The fourth-order valence-corrected chi connectivity index (χ4v) is 4.87. The lowest BCUT2D eigenvalue weighted by atomic mass is 9.86. The van der Waals surface area contributed by atoms with Gasteiger partial charge in [0.15, 0.2) is 11.5 Å². The van der Waals surface area contributed by atoms with Crippen molar-refractivity contribution in [2.24, 2.45) is 0 Å². The third kappa shape index (κ3) is 2.76. The van der Waals surface area contributed by atoms with E-state index in [0.717, 1.165) is 65.0 Å². The molecule has 1 saturated heterocycles. The van der Waals surface area contributed by atoms with Gasteiger partial charge in [0.25, 0.3) is 0 Å². The Morgan fingerprint density at radius 2 is 1.68 bits per heavy atom. The fraction of sp³-hybridized carbons (Fsp3) is 0.231. The van der Waals surface area contributed by atoms with Crippen molar-refractivity contribution in [1.82, 2.24) is 5.16 Å². The summed E-state index contributed by atoms with van der Waals surface area (Å²) in [6, 6.07) is 17.9. The highest BCUT2D eigenvalue weighted by atomic mass is 16.5. The molecule has 1 fully saturated rings. The van der Waals surface area contributed by atoms with Crippen LogP contribution in [0.15, 0.2) is 59.1 Å². The summed E-state index contributed by atoms with van der Waals surface area (Å²) < 4.78 is 5.87. The van der Waals surface area contributed by atoms with Crippen molar-refractivity contribution in [2.75, 3.05) is 23.3 Å². The van der Waals surface area contributed by atoms with E-state index < -0.39 is 0 Å². The predicted octanol–water partition coefficient (Wildman–Crippen LogP) is 6.08. The van der Waals surface area contributed by atoms with Crippen molar-refractivity contribution in [1.29, 1.82) is 0 Å². The maximum Gasteiger partial charge on any atom is 0.196 e. The van der Waals surface area contributed by atoms with Crippen LogP contribution in [0.1, 0.15) is 40.7 Å².